The largest absolute Gasteiger partial charge is 0.326 e. The lowest BCUT2D eigenvalue weighted by Crippen LogP contribution is -2.33. The number of unbranched alkanes of at least 4 members (excludes halogenated alkanes) is 2. The van der Waals surface area contributed by atoms with Crippen molar-refractivity contribution in [2.45, 2.75) is 57.2 Å². The van der Waals surface area contributed by atoms with Crippen LogP contribution in [0, 0.1) is 5.41 Å². The van der Waals surface area contributed by atoms with Gasteiger partial charge in [0.25, 0.3) is 0 Å². The molecule has 0 radical (unpaired) electrons. The van der Waals surface area contributed by atoms with Gasteiger partial charge in [0.15, 0.2) is 0 Å². The van der Waals surface area contributed by atoms with E-state index in [2.05, 4.69) is 25.5 Å². The molecule has 0 aliphatic carbocycles. The summed E-state index contributed by atoms with van der Waals surface area (Å²) in [5, 5.41) is 0. The quantitative estimate of drug-likeness (QED) is 0.687. The van der Waals surface area contributed by atoms with Crippen LogP contribution in [0.3, 0.4) is 0 Å². The molecule has 6 heteroatoms. The third kappa shape index (κ3) is 5.52. The molecule has 0 unspecified atom stereocenters. The second kappa shape index (κ2) is 7.54. The second-order valence-electron chi connectivity index (χ2n) is 5.87. The van der Waals surface area contributed by atoms with Crippen LogP contribution in [0.4, 0.5) is 0 Å². The maximum atomic E-state index is 12.2. The number of rotatable bonds is 9. The van der Waals surface area contributed by atoms with E-state index in [1.807, 2.05) is 0 Å². The van der Waals surface area contributed by atoms with Crippen molar-refractivity contribution in [3.8, 4) is 0 Å². The van der Waals surface area contributed by atoms with Crippen LogP contribution >= 0.6 is 11.3 Å². The fourth-order valence-electron chi connectivity index (χ4n) is 1.92. The van der Waals surface area contributed by atoms with Crippen LogP contribution in [0.5, 0.6) is 0 Å². The standard InChI is InChI=1S/C14H26N2O2S2/c1-4-5-6-9-14(2,3)11-16-20(17,18)13-8-7-12(10-15)19-13/h7-8,16H,4-6,9-11,15H2,1-3H3. The predicted octanol–water partition coefficient (Wildman–Crippen LogP) is 3.09. The van der Waals surface area contributed by atoms with E-state index in [1.165, 1.54) is 24.2 Å². The van der Waals surface area contributed by atoms with Crippen LogP contribution in [0.2, 0.25) is 0 Å². The molecule has 0 saturated heterocycles. The summed E-state index contributed by atoms with van der Waals surface area (Å²) in [5.74, 6) is 0. The molecule has 1 heterocycles. The minimum absolute atomic E-state index is 0.0177. The maximum absolute atomic E-state index is 12.2. The van der Waals surface area contributed by atoms with Crippen molar-refractivity contribution < 1.29 is 8.42 Å². The van der Waals surface area contributed by atoms with E-state index < -0.39 is 10.0 Å². The number of nitrogens with one attached hydrogen (secondary N) is 1. The SMILES string of the molecule is CCCCCC(C)(C)CNS(=O)(=O)c1ccc(CN)s1. The van der Waals surface area contributed by atoms with Crippen molar-refractivity contribution in [1.29, 1.82) is 0 Å². The van der Waals surface area contributed by atoms with Crippen molar-refractivity contribution in [2.24, 2.45) is 11.1 Å². The van der Waals surface area contributed by atoms with E-state index in [1.54, 1.807) is 12.1 Å². The highest BCUT2D eigenvalue weighted by Crippen LogP contribution is 2.25. The summed E-state index contributed by atoms with van der Waals surface area (Å²) in [6.07, 6.45) is 4.54. The van der Waals surface area contributed by atoms with Crippen LogP contribution in [-0.2, 0) is 16.6 Å². The first-order valence-corrected chi connectivity index (χ1v) is 9.39. The van der Waals surface area contributed by atoms with Gasteiger partial charge in [0.2, 0.25) is 10.0 Å². The van der Waals surface area contributed by atoms with Crippen LogP contribution in [0.15, 0.2) is 16.3 Å². The molecule has 0 fully saturated rings. The molecule has 3 N–H and O–H groups in total. The van der Waals surface area contributed by atoms with E-state index in [-0.39, 0.29) is 5.41 Å². The Bertz CT molecular complexity index is 507. The van der Waals surface area contributed by atoms with Crippen molar-refractivity contribution in [3.05, 3.63) is 17.0 Å². The van der Waals surface area contributed by atoms with Gasteiger partial charge in [0, 0.05) is 18.0 Å². The molecule has 20 heavy (non-hydrogen) atoms. The lowest BCUT2D eigenvalue weighted by Gasteiger charge is -2.24. The Kier molecular flexibility index (Phi) is 6.64. The lowest BCUT2D eigenvalue weighted by atomic mass is 9.87. The number of hydrogen-bond donors (Lipinski definition) is 2. The van der Waals surface area contributed by atoms with Gasteiger partial charge < -0.3 is 5.73 Å². The molecular formula is C14H26N2O2S2. The molecule has 0 atom stereocenters. The molecule has 0 amide bonds. The van der Waals surface area contributed by atoms with Gasteiger partial charge in [-0.1, -0.05) is 40.0 Å². The molecule has 1 rings (SSSR count). The molecule has 4 nitrogen and oxygen atoms in total. The van der Waals surface area contributed by atoms with Gasteiger partial charge in [-0.3, -0.25) is 0 Å². The molecule has 0 aliphatic heterocycles. The molecule has 0 aromatic carbocycles. The molecule has 0 saturated carbocycles. The Morgan fingerprint density at radius 2 is 2.00 bits per heavy atom. The van der Waals surface area contributed by atoms with Crippen molar-refractivity contribution >= 4 is 21.4 Å². The van der Waals surface area contributed by atoms with Crippen LogP contribution in [0.25, 0.3) is 0 Å². The number of sulfonamides is 1. The van der Waals surface area contributed by atoms with E-state index in [9.17, 15) is 8.42 Å². The Hall–Kier alpha value is -0.430. The maximum Gasteiger partial charge on any atom is 0.250 e. The highest BCUT2D eigenvalue weighted by Gasteiger charge is 2.23. The normalized spacial score (nSPS) is 12.8. The zero-order valence-corrected chi connectivity index (χ0v) is 14.2. The average molecular weight is 319 g/mol. The van der Waals surface area contributed by atoms with E-state index in [0.717, 1.165) is 17.7 Å². The molecule has 0 bridgehead atoms. The molecule has 1 aromatic rings. The first kappa shape index (κ1) is 17.6. The summed E-state index contributed by atoms with van der Waals surface area (Å²) in [5.41, 5.74) is 5.50. The summed E-state index contributed by atoms with van der Waals surface area (Å²) in [6.45, 7) is 7.22. The second-order valence-corrected chi connectivity index (χ2v) is 9.03. The van der Waals surface area contributed by atoms with E-state index in [0.29, 0.717) is 17.3 Å². The summed E-state index contributed by atoms with van der Waals surface area (Å²) < 4.78 is 27.5. The molecule has 116 valence electrons. The smallest absolute Gasteiger partial charge is 0.250 e. The Balaban J connectivity index is 2.58. The summed E-state index contributed by atoms with van der Waals surface area (Å²) in [6, 6.07) is 3.39. The minimum Gasteiger partial charge on any atom is -0.326 e. The highest BCUT2D eigenvalue weighted by molar-refractivity contribution is 7.91. The van der Waals surface area contributed by atoms with Gasteiger partial charge in [-0.15, -0.1) is 11.3 Å². The molecule has 1 aromatic heterocycles. The predicted molar refractivity (Wildman–Crippen MR) is 85.3 cm³/mol. The van der Waals surface area contributed by atoms with Crippen molar-refractivity contribution in [2.75, 3.05) is 6.54 Å². The van der Waals surface area contributed by atoms with Crippen molar-refractivity contribution in [3.63, 3.8) is 0 Å². The third-order valence-corrected chi connectivity index (χ3v) is 6.30. The number of thiophene rings is 1. The van der Waals surface area contributed by atoms with Gasteiger partial charge in [0.05, 0.1) is 0 Å². The Morgan fingerprint density at radius 1 is 1.30 bits per heavy atom. The van der Waals surface area contributed by atoms with Gasteiger partial charge in [0.1, 0.15) is 4.21 Å². The first-order valence-electron chi connectivity index (χ1n) is 7.09. The zero-order chi connectivity index (χ0) is 15.2. The van der Waals surface area contributed by atoms with E-state index in [4.69, 9.17) is 5.73 Å². The van der Waals surface area contributed by atoms with Gasteiger partial charge in [-0.25, -0.2) is 13.1 Å². The first-order chi connectivity index (χ1) is 9.30. The highest BCUT2D eigenvalue weighted by atomic mass is 32.2. The lowest BCUT2D eigenvalue weighted by molar-refractivity contribution is 0.320. The average Bonchev–Trinajstić information content (AvgIpc) is 2.86. The fourth-order valence-corrected chi connectivity index (χ4v) is 4.44. The van der Waals surface area contributed by atoms with Crippen LogP contribution in [-0.4, -0.2) is 15.0 Å². The minimum atomic E-state index is -3.40. The molecule has 0 spiro atoms. The van der Waals surface area contributed by atoms with E-state index >= 15 is 0 Å². The molecule has 0 aliphatic rings. The third-order valence-electron chi connectivity index (χ3n) is 3.30. The monoisotopic (exact) mass is 318 g/mol. The van der Waals surface area contributed by atoms with Crippen LogP contribution in [0.1, 0.15) is 51.3 Å². The number of hydrogen-bond acceptors (Lipinski definition) is 4. The number of nitrogens with two attached hydrogens (primary N) is 1. The fraction of sp³-hybridized carbons (Fsp3) is 0.714. The summed E-state index contributed by atoms with van der Waals surface area (Å²) in [7, 11) is -3.40. The zero-order valence-electron chi connectivity index (χ0n) is 12.6. The summed E-state index contributed by atoms with van der Waals surface area (Å²) in [4.78, 5) is 0.882. The van der Waals surface area contributed by atoms with Crippen LogP contribution < -0.4 is 10.5 Å². The van der Waals surface area contributed by atoms with Gasteiger partial charge in [-0.05, 0) is 24.0 Å². The topological polar surface area (TPSA) is 72.2 Å². The Labute approximate surface area is 126 Å². The van der Waals surface area contributed by atoms with Gasteiger partial charge >= 0.3 is 0 Å². The van der Waals surface area contributed by atoms with Gasteiger partial charge in [-0.2, -0.15) is 0 Å². The molecular weight excluding hydrogens is 292 g/mol. The summed E-state index contributed by atoms with van der Waals surface area (Å²) >= 11 is 1.24. The van der Waals surface area contributed by atoms with Crippen molar-refractivity contribution in [1.82, 2.24) is 4.72 Å². The Morgan fingerprint density at radius 3 is 2.55 bits per heavy atom.